The van der Waals surface area contributed by atoms with E-state index in [9.17, 15) is 14.0 Å². The second kappa shape index (κ2) is 17.2. The van der Waals surface area contributed by atoms with E-state index in [2.05, 4.69) is 11.4 Å². The van der Waals surface area contributed by atoms with E-state index in [0.29, 0.717) is 17.8 Å². The van der Waals surface area contributed by atoms with Crippen LogP contribution in [0.4, 0.5) is 15.8 Å². The number of carbonyl (C=O) groups excluding carboxylic acids is 2. The fourth-order valence-corrected chi connectivity index (χ4v) is 5.46. The molecule has 6 heteroatoms. The molecule has 0 radical (unpaired) electrons. The van der Waals surface area contributed by atoms with Gasteiger partial charge in [-0.2, -0.15) is 0 Å². The van der Waals surface area contributed by atoms with E-state index in [4.69, 9.17) is 10.5 Å². The first-order valence-corrected chi connectivity index (χ1v) is 15.4. The van der Waals surface area contributed by atoms with Crippen molar-refractivity contribution >= 4 is 29.1 Å². The van der Waals surface area contributed by atoms with Gasteiger partial charge in [-0.15, -0.1) is 0 Å². The van der Waals surface area contributed by atoms with Crippen LogP contribution in [0, 0.1) is 5.82 Å². The molecule has 0 bridgehead atoms. The number of halogens is 1. The van der Waals surface area contributed by atoms with Crippen LogP contribution in [0.2, 0.25) is 0 Å². The molecule has 3 aromatic carbocycles. The average molecular weight is 583 g/mol. The van der Waals surface area contributed by atoms with E-state index in [1.807, 2.05) is 36.4 Å². The van der Waals surface area contributed by atoms with Crippen LogP contribution in [0.15, 0.2) is 90.5 Å². The zero-order valence-corrected chi connectivity index (χ0v) is 24.9. The third-order valence-electron chi connectivity index (χ3n) is 7.93. The van der Waals surface area contributed by atoms with Gasteiger partial charge in [-0.25, -0.2) is 4.39 Å². The number of para-hydroxylation sites is 2. The number of ketones is 1. The maximum absolute atomic E-state index is 13.5. The number of nitrogens with one attached hydrogen (secondary N) is 1. The molecule has 3 aromatic rings. The summed E-state index contributed by atoms with van der Waals surface area (Å²) in [5.41, 5.74) is 11.4. The summed E-state index contributed by atoms with van der Waals surface area (Å²) in [5.74, 6) is -0.429. The van der Waals surface area contributed by atoms with Gasteiger partial charge in [0.25, 0.3) is 0 Å². The van der Waals surface area contributed by atoms with Crippen LogP contribution in [0.25, 0.3) is 6.08 Å². The molecule has 1 heterocycles. The van der Waals surface area contributed by atoms with Crippen molar-refractivity contribution in [1.29, 1.82) is 0 Å². The van der Waals surface area contributed by atoms with Crippen molar-refractivity contribution in [3.8, 4) is 0 Å². The van der Waals surface area contributed by atoms with Crippen molar-refractivity contribution in [2.24, 2.45) is 0 Å². The van der Waals surface area contributed by atoms with Crippen molar-refractivity contribution < 1.29 is 18.7 Å². The Hall–Kier alpha value is -4.03. The Balaban J connectivity index is 1.34. The first-order valence-electron chi connectivity index (χ1n) is 15.4. The van der Waals surface area contributed by atoms with Crippen LogP contribution < -0.4 is 11.1 Å². The van der Waals surface area contributed by atoms with E-state index >= 15 is 0 Å². The lowest BCUT2D eigenvalue weighted by atomic mass is 9.86. The molecule has 4 rings (SSSR count). The van der Waals surface area contributed by atoms with Gasteiger partial charge in [0.1, 0.15) is 11.6 Å². The minimum atomic E-state index is -0.261. The average Bonchev–Trinajstić information content (AvgIpc) is 3.29. The quantitative estimate of drug-likeness (QED) is 0.0816. The van der Waals surface area contributed by atoms with Gasteiger partial charge in [0.2, 0.25) is 5.91 Å². The molecule has 0 spiro atoms. The fourth-order valence-electron chi connectivity index (χ4n) is 5.46. The Morgan fingerprint density at radius 3 is 2.49 bits per heavy atom. The van der Waals surface area contributed by atoms with Crippen LogP contribution in [-0.4, -0.2) is 24.9 Å². The van der Waals surface area contributed by atoms with Crippen molar-refractivity contribution in [3.05, 3.63) is 113 Å². The molecule has 0 saturated carbocycles. The number of Topliss-reactive ketones (excluding diaryl/α,β-unsaturated/α-hetero) is 1. The molecule has 1 aliphatic rings. The van der Waals surface area contributed by atoms with Crippen LogP contribution in [0.5, 0.6) is 0 Å². The Morgan fingerprint density at radius 1 is 0.907 bits per heavy atom. The number of amides is 1. The largest absolute Gasteiger partial charge is 0.397 e. The standard InChI is InChI=1S/C37H43FN2O3/c38-32-22-17-29(18-23-32)9-6-14-36(41)33(11-3-1-2-8-28-10-7-26-43-27-25-28)31-20-15-30(16-21-31)19-24-37(42)40-35-13-5-4-12-34(35)39/h4-5,10,12-13,15-24,33H,1-3,6-9,11,14,25-27,39H2,(H,40,42)/b24-19+. The zero-order valence-electron chi connectivity index (χ0n) is 24.9. The lowest BCUT2D eigenvalue weighted by molar-refractivity contribution is -0.120. The smallest absolute Gasteiger partial charge is 0.248 e. The summed E-state index contributed by atoms with van der Waals surface area (Å²) >= 11 is 0. The van der Waals surface area contributed by atoms with Gasteiger partial charge in [0.15, 0.2) is 0 Å². The monoisotopic (exact) mass is 582 g/mol. The Labute approximate surface area is 255 Å². The van der Waals surface area contributed by atoms with Crippen molar-refractivity contribution in [1.82, 2.24) is 0 Å². The summed E-state index contributed by atoms with van der Waals surface area (Å²) in [6, 6.07) is 21.6. The first-order chi connectivity index (χ1) is 21.0. The lowest BCUT2D eigenvalue weighted by Crippen LogP contribution is -2.13. The van der Waals surface area contributed by atoms with Gasteiger partial charge in [0.05, 0.1) is 24.6 Å². The van der Waals surface area contributed by atoms with Crippen molar-refractivity contribution in [2.45, 2.75) is 70.1 Å². The highest BCUT2D eigenvalue weighted by Crippen LogP contribution is 2.28. The molecule has 0 saturated heterocycles. The zero-order chi connectivity index (χ0) is 30.3. The number of rotatable bonds is 15. The molecule has 0 fully saturated rings. The minimum absolute atomic E-state index is 0.166. The van der Waals surface area contributed by atoms with Crippen LogP contribution in [0.1, 0.15) is 80.4 Å². The lowest BCUT2D eigenvalue weighted by Gasteiger charge is -2.17. The number of nitrogen functional groups attached to an aromatic ring is 1. The highest BCUT2D eigenvalue weighted by molar-refractivity contribution is 6.03. The van der Waals surface area contributed by atoms with Crippen LogP contribution in [-0.2, 0) is 20.7 Å². The topological polar surface area (TPSA) is 81.4 Å². The SMILES string of the molecule is Nc1ccccc1NC(=O)/C=C/c1ccc(C(CCCCCC2=CCCOCC2)C(=O)CCCc2ccc(F)cc2)cc1. The van der Waals surface area contributed by atoms with Crippen LogP contribution in [0.3, 0.4) is 0 Å². The predicted octanol–water partition coefficient (Wildman–Crippen LogP) is 8.42. The Bertz CT molecular complexity index is 1380. The number of carbonyl (C=O) groups is 2. The van der Waals surface area contributed by atoms with Gasteiger partial charge in [0, 0.05) is 18.4 Å². The highest BCUT2D eigenvalue weighted by atomic mass is 19.1. The van der Waals surface area contributed by atoms with Gasteiger partial charge in [-0.1, -0.05) is 73.0 Å². The maximum atomic E-state index is 13.5. The Morgan fingerprint density at radius 2 is 1.70 bits per heavy atom. The second-order valence-corrected chi connectivity index (χ2v) is 11.2. The number of nitrogens with two attached hydrogens (primary N) is 1. The molecular formula is C37H43FN2O3. The van der Waals surface area contributed by atoms with Crippen LogP contribution >= 0.6 is 0 Å². The normalized spacial score (nSPS) is 14.2. The molecule has 226 valence electrons. The first kappa shape index (κ1) is 31.9. The summed E-state index contributed by atoms with van der Waals surface area (Å²) in [7, 11) is 0. The van der Waals surface area contributed by atoms with E-state index < -0.39 is 0 Å². The summed E-state index contributed by atoms with van der Waals surface area (Å²) < 4.78 is 18.8. The van der Waals surface area contributed by atoms with E-state index in [-0.39, 0.29) is 23.4 Å². The molecule has 3 N–H and O–H groups in total. The number of unbranched alkanes of at least 4 members (excludes halogenated alkanes) is 2. The molecule has 1 atom stereocenters. The molecule has 1 unspecified atom stereocenters. The molecular weight excluding hydrogens is 539 g/mol. The molecule has 43 heavy (non-hydrogen) atoms. The summed E-state index contributed by atoms with van der Waals surface area (Å²) in [5, 5.41) is 2.79. The minimum Gasteiger partial charge on any atom is -0.397 e. The number of aryl methyl sites for hydroxylation is 1. The number of ether oxygens (including phenoxy) is 1. The van der Waals surface area contributed by atoms with Gasteiger partial charge in [-0.3, -0.25) is 9.59 Å². The van der Waals surface area contributed by atoms with Gasteiger partial charge in [-0.05, 0) is 92.0 Å². The molecule has 0 aliphatic carbocycles. The van der Waals surface area contributed by atoms with Crippen molar-refractivity contribution in [3.63, 3.8) is 0 Å². The third-order valence-corrected chi connectivity index (χ3v) is 7.93. The van der Waals surface area contributed by atoms with E-state index in [1.165, 1.54) is 23.8 Å². The summed E-state index contributed by atoms with van der Waals surface area (Å²) in [6.07, 6.45) is 14.7. The van der Waals surface area contributed by atoms with Crippen molar-refractivity contribution in [2.75, 3.05) is 24.3 Å². The molecule has 1 aliphatic heterocycles. The predicted molar refractivity (Wildman–Crippen MR) is 173 cm³/mol. The van der Waals surface area contributed by atoms with Gasteiger partial charge < -0.3 is 15.8 Å². The number of hydrogen-bond donors (Lipinski definition) is 2. The molecule has 1 amide bonds. The Kier molecular flexibility index (Phi) is 12.7. The molecule has 5 nitrogen and oxygen atoms in total. The third kappa shape index (κ3) is 11.0. The van der Waals surface area contributed by atoms with E-state index in [1.54, 1.807) is 30.3 Å². The van der Waals surface area contributed by atoms with Gasteiger partial charge >= 0.3 is 0 Å². The highest BCUT2D eigenvalue weighted by Gasteiger charge is 2.20. The number of anilines is 2. The maximum Gasteiger partial charge on any atom is 0.248 e. The number of benzene rings is 3. The second-order valence-electron chi connectivity index (χ2n) is 11.2. The fraction of sp³-hybridized carbons (Fsp3) is 0.351. The van der Waals surface area contributed by atoms with E-state index in [0.717, 1.165) is 87.7 Å². The number of hydrogen-bond acceptors (Lipinski definition) is 4. The summed E-state index contributed by atoms with van der Waals surface area (Å²) in [6.45, 7) is 1.64. The molecule has 0 aromatic heterocycles. The summed E-state index contributed by atoms with van der Waals surface area (Å²) in [4.78, 5) is 25.9.